The Kier molecular flexibility index (Phi) is 5.07. The maximum Gasteiger partial charge on any atom is 0.325 e. The van der Waals surface area contributed by atoms with Gasteiger partial charge in [0.05, 0.1) is 19.8 Å². The molecule has 23 heavy (non-hydrogen) atoms. The van der Waals surface area contributed by atoms with Gasteiger partial charge in [0.25, 0.3) is 5.91 Å². The van der Waals surface area contributed by atoms with Gasteiger partial charge in [-0.05, 0) is 24.3 Å². The fraction of sp³-hybridized carbons (Fsp3) is 0.500. The summed E-state index contributed by atoms with van der Waals surface area (Å²) < 4.78 is 11.0. The fourth-order valence-electron chi connectivity index (χ4n) is 2.70. The minimum atomic E-state index is -0.668. The van der Waals surface area contributed by atoms with Crippen LogP contribution in [0.25, 0.3) is 0 Å². The third-order valence-corrected chi connectivity index (χ3v) is 5.16. The lowest BCUT2D eigenvalue weighted by Crippen LogP contribution is -2.47. The molecule has 3 rings (SSSR count). The van der Waals surface area contributed by atoms with Crippen molar-refractivity contribution in [2.24, 2.45) is 0 Å². The van der Waals surface area contributed by atoms with Crippen LogP contribution >= 0.6 is 11.8 Å². The molecule has 2 aliphatic heterocycles. The summed E-state index contributed by atoms with van der Waals surface area (Å²) in [7, 11) is 0. The highest BCUT2D eigenvalue weighted by Crippen LogP contribution is 2.33. The summed E-state index contributed by atoms with van der Waals surface area (Å²) >= 11 is 1.70. The maximum atomic E-state index is 12.4. The zero-order chi connectivity index (χ0) is 16.1. The van der Waals surface area contributed by atoms with Crippen molar-refractivity contribution in [2.45, 2.75) is 12.0 Å². The number of ether oxygens (including phenoxy) is 2. The first kappa shape index (κ1) is 16.1. The number of hydrogen-bond acceptors (Lipinski definition) is 5. The summed E-state index contributed by atoms with van der Waals surface area (Å²) in [6, 6.07) is 9.20. The van der Waals surface area contributed by atoms with Crippen LogP contribution in [-0.4, -0.2) is 60.2 Å². The molecule has 2 fully saturated rings. The number of imide groups is 1. The van der Waals surface area contributed by atoms with Crippen LogP contribution in [-0.2, 0) is 9.53 Å². The summed E-state index contributed by atoms with van der Waals surface area (Å²) in [6.45, 7) is 1.45. The first-order valence-corrected chi connectivity index (χ1v) is 8.84. The Bertz CT molecular complexity index is 560. The van der Waals surface area contributed by atoms with Crippen molar-refractivity contribution in [1.82, 2.24) is 10.2 Å². The topological polar surface area (TPSA) is 67.9 Å². The lowest BCUT2D eigenvalue weighted by Gasteiger charge is -2.19. The number of carbonyl (C=O) groups excluding carboxylic acids is 2. The van der Waals surface area contributed by atoms with E-state index >= 15 is 0 Å². The lowest BCUT2D eigenvalue weighted by molar-refractivity contribution is -0.131. The van der Waals surface area contributed by atoms with Gasteiger partial charge in [0, 0.05) is 5.75 Å². The number of thioether (sulfide) groups is 1. The van der Waals surface area contributed by atoms with Gasteiger partial charge < -0.3 is 14.8 Å². The molecular weight excluding hydrogens is 316 g/mol. The second-order valence-corrected chi connectivity index (χ2v) is 6.65. The molecule has 1 unspecified atom stereocenters. The largest absolute Gasteiger partial charge is 0.491 e. The number of benzene rings is 1. The van der Waals surface area contributed by atoms with E-state index < -0.39 is 5.54 Å². The zero-order valence-corrected chi connectivity index (χ0v) is 13.6. The van der Waals surface area contributed by atoms with Crippen LogP contribution in [0.3, 0.4) is 0 Å². The molecule has 6 nitrogen and oxygen atoms in total. The Balaban J connectivity index is 1.36. The van der Waals surface area contributed by atoms with Crippen molar-refractivity contribution in [2.75, 3.05) is 37.9 Å². The predicted molar refractivity (Wildman–Crippen MR) is 87.7 cm³/mol. The molecule has 0 aliphatic carbocycles. The average Bonchev–Trinajstić information content (AvgIpc) is 3.12. The Labute approximate surface area is 139 Å². The van der Waals surface area contributed by atoms with E-state index in [0.717, 1.165) is 11.5 Å². The van der Waals surface area contributed by atoms with Crippen LogP contribution in [0.4, 0.5) is 4.79 Å². The van der Waals surface area contributed by atoms with Crippen molar-refractivity contribution in [3.8, 4) is 5.75 Å². The Morgan fingerprint density at radius 3 is 2.74 bits per heavy atom. The van der Waals surface area contributed by atoms with Gasteiger partial charge in [0.15, 0.2) is 0 Å². The first-order valence-electron chi connectivity index (χ1n) is 7.69. The van der Waals surface area contributed by atoms with Crippen LogP contribution < -0.4 is 10.1 Å². The van der Waals surface area contributed by atoms with Crippen molar-refractivity contribution >= 4 is 23.7 Å². The quantitative estimate of drug-likeness (QED) is 0.604. The maximum absolute atomic E-state index is 12.4. The molecule has 7 heteroatoms. The zero-order valence-electron chi connectivity index (χ0n) is 12.8. The van der Waals surface area contributed by atoms with Crippen molar-refractivity contribution in [3.05, 3.63) is 30.3 Å². The third-order valence-electron chi connectivity index (χ3n) is 3.97. The Hall–Kier alpha value is -1.73. The monoisotopic (exact) mass is 336 g/mol. The Morgan fingerprint density at radius 1 is 1.17 bits per heavy atom. The molecule has 2 saturated heterocycles. The van der Waals surface area contributed by atoms with E-state index in [9.17, 15) is 9.59 Å². The van der Waals surface area contributed by atoms with Gasteiger partial charge >= 0.3 is 6.03 Å². The number of urea groups is 1. The molecule has 1 atom stereocenters. The van der Waals surface area contributed by atoms with E-state index in [0.29, 0.717) is 32.0 Å². The second kappa shape index (κ2) is 7.23. The van der Waals surface area contributed by atoms with Gasteiger partial charge in [-0.3, -0.25) is 9.69 Å². The molecule has 3 amide bonds. The van der Waals surface area contributed by atoms with Crippen LogP contribution in [0, 0.1) is 0 Å². The number of rotatable bonds is 7. The van der Waals surface area contributed by atoms with Gasteiger partial charge in [-0.2, -0.15) is 11.8 Å². The SMILES string of the molecule is O=C1NC2(CCSC2)C(=O)N1CCOCCOc1ccccc1. The van der Waals surface area contributed by atoms with Crippen LogP contribution in [0.15, 0.2) is 30.3 Å². The van der Waals surface area contributed by atoms with Gasteiger partial charge in [-0.1, -0.05) is 18.2 Å². The van der Waals surface area contributed by atoms with Gasteiger partial charge in [0.2, 0.25) is 0 Å². The van der Waals surface area contributed by atoms with Crippen LogP contribution in [0.5, 0.6) is 5.75 Å². The van der Waals surface area contributed by atoms with E-state index in [1.54, 1.807) is 11.8 Å². The molecule has 0 bridgehead atoms. The molecule has 1 N–H and O–H groups in total. The fourth-order valence-corrected chi connectivity index (χ4v) is 4.03. The van der Waals surface area contributed by atoms with Crippen molar-refractivity contribution in [1.29, 1.82) is 0 Å². The molecule has 1 aromatic rings. The average molecular weight is 336 g/mol. The number of carbonyl (C=O) groups is 2. The van der Waals surface area contributed by atoms with Crippen LogP contribution in [0.2, 0.25) is 0 Å². The smallest absolute Gasteiger partial charge is 0.325 e. The molecule has 2 heterocycles. The molecule has 0 radical (unpaired) electrons. The minimum absolute atomic E-state index is 0.114. The highest BCUT2D eigenvalue weighted by Gasteiger charge is 2.52. The lowest BCUT2D eigenvalue weighted by atomic mass is 9.99. The summed E-state index contributed by atoms with van der Waals surface area (Å²) in [5.41, 5.74) is -0.668. The van der Waals surface area contributed by atoms with E-state index in [2.05, 4.69) is 5.32 Å². The third kappa shape index (κ3) is 3.61. The number of hydrogen-bond donors (Lipinski definition) is 1. The predicted octanol–water partition coefficient (Wildman–Crippen LogP) is 1.51. The van der Waals surface area contributed by atoms with Crippen molar-refractivity contribution < 1.29 is 19.1 Å². The standard InChI is InChI=1S/C16H20N2O4S/c19-14-16(6-11-23-12-16)17-15(20)18(14)7-8-21-9-10-22-13-4-2-1-3-5-13/h1-5H,6-12H2,(H,17,20). The van der Waals surface area contributed by atoms with E-state index in [1.165, 1.54) is 4.90 Å². The van der Waals surface area contributed by atoms with Gasteiger partial charge in [0.1, 0.15) is 17.9 Å². The molecule has 0 saturated carbocycles. The number of nitrogens with zero attached hydrogens (tertiary/aromatic N) is 1. The summed E-state index contributed by atoms with van der Waals surface area (Å²) in [5.74, 6) is 2.26. The minimum Gasteiger partial charge on any atom is -0.491 e. The number of para-hydroxylation sites is 1. The highest BCUT2D eigenvalue weighted by molar-refractivity contribution is 7.99. The van der Waals surface area contributed by atoms with E-state index in [-0.39, 0.29) is 18.5 Å². The molecule has 0 aromatic heterocycles. The summed E-state index contributed by atoms with van der Waals surface area (Å²) in [4.78, 5) is 25.6. The van der Waals surface area contributed by atoms with Crippen molar-refractivity contribution in [3.63, 3.8) is 0 Å². The van der Waals surface area contributed by atoms with E-state index in [1.807, 2.05) is 30.3 Å². The summed E-state index contributed by atoms with van der Waals surface area (Å²) in [5, 5.41) is 2.84. The molecule has 1 aromatic carbocycles. The van der Waals surface area contributed by atoms with Crippen LogP contribution in [0.1, 0.15) is 6.42 Å². The number of amides is 3. The molecular formula is C16H20N2O4S. The molecule has 124 valence electrons. The Morgan fingerprint density at radius 2 is 2.00 bits per heavy atom. The summed E-state index contributed by atoms with van der Waals surface area (Å²) in [6.07, 6.45) is 0.713. The van der Waals surface area contributed by atoms with E-state index in [4.69, 9.17) is 9.47 Å². The molecule has 2 aliphatic rings. The highest BCUT2D eigenvalue weighted by atomic mass is 32.2. The van der Waals surface area contributed by atoms with Gasteiger partial charge in [-0.15, -0.1) is 0 Å². The first-order chi connectivity index (χ1) is 11.2. The normalized spacial score (nSPS) is 23.6. The number of nitrogens with one attached hydrogen (secondary N) is 1. The molecule has 1 spiro atoms. The second-order valence-electron chi connectivity index (χ2n) is 5.55. The van der Waals surface area contributed by atoms with Gasteiger partial charge in [-0.25, -0.2) is 4.79 Å².